The van der Waals surface area contributed by atoms with Crippen LogP contribution in [0.15, 0.2) is 52.1 Å². The van der Waals surface area contributed by atoms with Crippen LogP contribution >= 0.6 is 22.9 Å². The largest absolute Gasteiger partial charge is 0.466 e. The third-order valence-electron chi connectivity index (χ3n) is 5.99. The first-order valence-corrected chi connectivity index (χ1v) is 13.8. The molecule has 39 heavy (non-hydrogen) atoms. The van der Waals surface area contributed by atoms with Crippen molar-refractivity contribution in [3.05, 3.63) is 74.4 Å². The smallest absolute Gasteiger partial charge is 0.338 e. The number of aliphatic imine (C=N–C) groups is 1. The monoisotopic (exact) mass is 580 g/mol. The highest BCUT2D eigenvalue weighted by atomic mass is 35.5. The molecule has 3 heterocycles. The van der Waals surface area contributed by atoms with E-state index in [0.29, 0.717) is 42.5 Å². The van der Waals surface area contributed by atoms with Gasteiger partial charge in [0.25, 0.3) is 0 Å². The Morgan fingerprint density at radius 1 is 1.33 bits per heavy atom. The Morgan fingerprint density at radius 2 is 2.10 bits per heavy atom. The topological polar surface area (TPSA) is 93.1 Å². The SMILES string of the molecule is CCCC.COC(=O)C1=C(CN2CCO[C@H](/C=C/C=O)C2)NC(c2nccs2)=N[C@H]1c1ccc(F)c(F)c1Cl. The summed E-state index contributed by atoms with van der Waals surface area (Å²) in [7, 11) is 1.23. The van der Waals surface area contributed by atoms with Crippen LogP contribution < -0.4 is 5.32 Å². The highest BCUT2D eigenvalue weighted by Gasteiger charge is 2.35. The minimum atomic E-state index is -1.22. The van der Waals surface area contributed by atoms with Crippen molar-refractivity contribution in [3.8, 4) is 0 Å². The number of nitrogens with one attached hydrogen (secondary N) is 1. The van der Waals surface area contributed by atoms with Crippen LogP contribution in [0.2, 0.25) is 5.02 Å². The lowest BCUT2D eigenvalue weighted by Gasteiger charge is -2.34. The summed E-state index contributed by atoms with van der Waals surface area (Å²) in [6.45, 7) is 6.07. The molecule has 12 heteroatoms. The van der Waals surface area contributed by atoms with E-state index >= 15 is 0 Å². The van der Waals surface area contributed by atoms with Gasteiger partial charge in [-0.15, -0.1) is 11.3 Å². The average Bonchev–Trinajstić information content (AvgIpc) is 3.50. The maximum atomic E-state index is 14.4. The third-order valence-corrected chi connectivity index (χ3v) is 7.15. The summed E-state index contributed by atoms with van der Waals surface area (Å²) in [4.78, 5) is 34.6. The van der Waals surface area contributed by atoms with E-state index in [1.807, 2.05) is 4.90 Å². The molecule has 0 spiro atoms. The number of aromatic nitrogens is 1. The van der Waals surface area contributed by atoms with Crippen molar-refractivity contribution in [2.24, 2.45) is 4.99 Å². The Balaban J connectivity index is 0.000000983. The second-order valence-corrected chi connectivity index (χ2v) is 9.93. The summed E-state index contributed by atoms with van der Waals surface area (Å²) in [6, 6.07) is 1.18. The van der Waals surface area contributed by atoms with E-state index in [-0.39, 0.29) is 23.8 Å². The van der Waals surface area contributed by atoms with Crippen LogP contribution in [-0.2, 0) is 19.1 Å². The quantitative estimate of drug-likeness (QED) is 0.206. The number of carbonyl (C=O) groups is 2. The number of nitrogens with zero attached hydrogens (tertiary/aromatic N) is 3. The first kappa shape index (κ1) is 30.6. The van der Waals surface area contributed by atoms with Gasteiger partial charge in [-0.1, -0.05) is 50.4 Å². The molecule has 0 bridgehead atoms. The number of methoxy groups -OCH3 is 1. The van der Waals surface area contributed by atoms with Crippen molar-refractivity contribution in [2.75, 3.05) is 33.4 Å². The lowest BCUT2D eigenvalue weighted by molar-refractivity contribution is -0.136. The van der Waals surface area contributed by atoms with Crippen molar-refractivity contribution in [1.82, 2.24) is 15.2 Å². The van der Waals surface area contributed by atoms with E-state index in [0.717, 1.165) is 6.07 Å². The predicted octanol–water partition coefficient (Wildman–Crippen LogP) is 4.86. The zero-order valence-electron chi connectivity index (χ0n) is 22.0. The number of carbonyl (C=O) groups excluding carboxylic acids is 2. The van der Waals surface area contributed by atoms with E-state index in [1.165, 1.54) is 43.4 Å². The van der Waals surface area contributed by atoms with Crippen LogP contribution in [0.4, 0.5) is 8.78 Å². The molecule has 2 aliphatic rings. The van der Waals surface area contributed by atoms with Gasteiger partial charge in [-0.25, -0.2) is 18.6 Å². The minimum absolute atomic E-state index is 0.118. The van der Waals surface area contributed by atoms with E-state index in [1.54, 1.807) is 17.7 Å². The first-order valence-electron chi connectivity index (χ1n) is 12.5. The lowest BCUT2D eigenvalue weighted by atomic mass is 9.95. The molecule has 2 aliphatic heterocycles. The number of allylic oxidation sites excluding steroid dienone is 1. The number of unbranched alkanes of at least 4 members (excludes halogenated alkanes) is 1. The Kier molecular flexibility index (Phi) is 11.7. The Morgan fingerprint density at radius 3 is 2.74 bits per heavy atom. The number of morpholine rings is 1. The summed E-state index contributed by atoms with van der Waals surface area (Å²) in [5, 5.41) is 5.03. The second-order valence-electron chi connectivity index (χ2n) is 8.66. The van der Waals surface area contributed by atoms with Gasteiger partial charge in [0.2, 0.25) is 0 Å². The zero-order valence-corrected chi connectivity index (χ0v) is 23.5. The molecule has 1 fully saturated rings. The molecule has 0 aliphatic carbocycles. The molecule has 0 unspecified atom stereocenters. The number of aldehydes is 1. The van der Waals surface area contributed by atoms with Crippen molar-refractivity contribution in [3.63, 3.8) is 0 Å². The highest BCUT2D eigenvalue weighted by Crippen LogP contribution is 2.38. The molecule has 0 radical (unpaired) electrons. The fourth-order valence-corrected chi connectivity index (χ4v) is 4.73. The molecule has 0 saturated carbocycles. The first-order chi connectivity index (χ1) is 18.8. The number of hydrogen-bond acceptors (Lipinski definition) is 9. The number of halogens is 3. The van der Waals surface area contributed by atoms with Crippen LogP contribution in [0.5, 0.6) is 0 Å². The third kappa shape index (κ3) is 7.78. The van der Waals surface area contributed by atoms with Gasteiger partial charge in [-0.2, -0.15) is 0 Å². The number of ether oxygens (including phenoxy) is 2. The molecule has 0 amide bonds. The molecule has 1 aromatic carbocycles. The van der Waals surface area contributed by atoms with Gasteiger partial charge in [-0.05, 0) is 12.1 Å². The number of rotatable bonds is 8. The number of hydrogen-bond donors (Lipinski definition) is 1. The summed E-state index contributed by atoms with van der Waals surface area (Å²) in [5.74, 6) is -2.66. The number of benzene rings is 1. The second kappa shape index (κ2) is 15.0. The fourth-order valence-electron chi connectivity index (χ4n) is 3.88. The highest BCUT2D eigenvalue weighted by molar-refractivity contribution is 7.11. The van der Waals surface area contributed by atoms with Gasteiger partial charge in [0.05, 0.1) is 30.4 Å². The normalized spacial score (nSPS) is 19.7. The lowest BCUT2D eigenvalue weighted by Crippen LogP contribution is -2.46. The molecule has 1 aromatic heterocycles. The van der Waals surface area contributed by atoms with Gasteiger partial charge in [0.1, 0.15) is 12.3 Å². The van der Waals surface area contributed by atoms with E-state index < -0.39 is 28.7 Å². The molecule has 4 rings (SSSR count). The van der Waals surface area contributed by atoms with Crippen LogP contribution in [0.1, 0.15) is 43.3 Å². The van der Waals surface area contributed by atoms with E-state index in [9.17, 15) is 18.4 Å². The predicted molar refractivity (Wildman–Crippen MR) is 147 cm³/mol. The summed E-state index contributed by atoms with van der Waals surface area (Å²) < 4.78 is 38.9. The van der Waals surface area contributed by atoms with Crippen LogP contribution in [-0.4, -0.2) is 67.4 Å². The minimum Gasteiger partial charge on any atom is -0.466 e. The Bertz CT molecular complexity index is 1230. The molecule has 1 N–H and O–H groups in total. The summed E-state index contributed by atoms with van der Waals surface area (Å²) in [6.07, 6.45) is 7.66. The summed E-state index contributed by atoms with van der Waals surface area (Å²) >= 11 is 7.49. The van der Waals surface area contributed by atoms with Crippen molar-refractivity contribution in [1.29, 1.82) is 0 Å². The van der Waals surface area contributed by atoms with Gasteiger partial charge in [0, 0.05) is 42.5 Å². The van der Waals surface area contributed by atoms with Crippen LogP contribution in [0.3, 0.4) is 0 Å². The Labute approximate surface area is 235 Å². The van der Waals surface area contributed by atoms with Crippen LogP contribution in [0, 0.1) is 11.6 Å². The van der Waals surface area contributed by atoms with Gasteiger partial charge in [-0.3, -0.25) is 14.7 Å². The van der Waals surface area contributed by atoms with Gasteiger partial charge in [0.15, 0.2) is 22.5 Å². The average molecular weight is 581 g/mol. The molecule has 210 valence electrons. The molecular weight excluding hydrogens is 550 g/mol. The molecule has 2 aromatic rings. The van der Waals surface area contributed by atoms with Crippen LogP contribution in [0.25, 0.3) is 0 Å². The van der Waals surface area contributed by atoms with Gasteiger partial charge >= 0.3 is 5.97 Å². The van der Waals surface area contributed by atoms with E-state index in [4.69, 9.17) is 21.1 Å². The number of amidine groups is 1. The maximum absolute atomic E-state index is 14.4. The molecule has 8 nitrogen and oxygen atoms in total. The maximum Gasteiger partial charge on any atom is 0.338 e. The molecule has 1 saturated heterocycles. The van der Waals surface area contributed by atoms with Crippen molar-refractivity contribution >= 4 is 41.0 Å². The fraction of sp³-hybridized carbons (Fsp3) is 0.407. The van der Waals surface area contributed by atoms with Crippen molar-refractivity contribution in [2.45, 2.75) is 38.8 Å². The number of thiazole rings is 1. The number of esters is 1. The Hall–Kier alpha value is -2.99. The van der Waals surface area contributed by atoms with Crippen molar-refractivity contribution < 1.29 is 27.8 Å². The molecular formula is C27H31ClF2N4O4S. The zero-order chi connectivity index (χ0) is 28.4. The summed E-state index contributed by atoms with van der Waals surface area (Å²) in [5.41, 5.74) is 0.697. The standard InChI is InChI=1S/C23H21ClF2N4O4S.C4H10/c1-33-23(32)17-16(12-30-7-9-34-13(11-30)3-2-8-31)28-21(22-27-6-10-35-22)29-20(17)14-4-5-15(25)19(26)18(14)24;1-3-4-2/h2-6,8,10,13,20H,7,9,11-12H2,1H3,(H,28,29);3-4H2,1-2H3/b3-2+;/t13-,20+;/m1./s1. The molecule has 2 atom stereocenters. The van der Waals surface area contributed by atoms with E-state index in [2.05, 4.69) is 29.1 Å². The van der Waals surface area contributed by atoms with Gasteiger partial charge < -0.3 is 14.8 Å².